The van der Waals surface area contributed by atoms with Crippen LogP contribution in [0.2, 0.25) is 0 Å². The molecule has 0 aliphatic rings. The van der Waals surface area contributed by atoms with Gasteiger partial charge in [0.15, 0.2) is 5.82 Å². The summed E-state index contributed by atoms with van der Waals surface area (Å²) >= 11 is 1.43. The van der Waals surface area contributed by atoms with Gasteiger partial charge in [-0.2, -0.15) is 0 Å². The van der Waals surface area contributed by atoms with E-state index >= 15 is 4.39 Å². The van der Waals surface area contributed by atoms with Crippen LogP contribution in [0.15, 0.2) is 59.9 Å². The van der Waals surface area contributed by atoms with Crippen LogP contribution in [0.25, 0.3) is 21.8 Å². The number of anilines is 2. The largest absolute Gasteiger partial charge is 0.354 e. The van der Waals surface area contributed by atoms with Crippen LogP contribution >= 0.6 is 11.3 Å². The number of hydrogen-bond acceptors (Lipinski definition) is 8. The molecule has 4 rings (SSSR count). The van der Waals surface area contributed by atoms with E-state index < -0.39 is 15.8 Å². The molecule has 36 heavy (non-hydrogen) atoms. The average molecular weight is 527 g/mol. The number of sulfonamides is 1. The van der Waals surface area contributed by atoms with Crippen molar-refractivity contribution in [1.82, 2.24) is 19.9 Å². The van der Waals surface area contributed by atoms with E-state index in [1.54, 1.807) is 24.4 Å². The summed E-state index contributed by atoms with van der Waals surface area (Å²) in [7, 11) is -4.02. The molecule has 3 heterocycles. The lowest BCUT2D eigenvalue weighted by atomic mass is 10.1. The molecule has 11 heteroatoms. The zero-order chi connectivity index (χ0) is 25.9. The van der Waals surface area contributed by atoms with E-state index in [9.17, 15) is 8.42 Å². The Morgan fingerprint density at radius 3 is 2.53 bits per heavy atom. The highest BCUT2D eigenvalue weighted by Crippen LogP contribution is 2.40. The lowest BCUT2D eigenvalue weighted by molar-refractivity contribution is 0.598. The van der Waals surface area contributed by atoms with Crippen LogP contribution in [0.3, 0.4) is 0 Å². The Hall–Kier alpha value is -3.44. The van der Waals surface area contributed by atoms with Crippen molar-refractivity contribution in [1.29, 1.82) is 0 Å². The van der Waals surface area contributed by atoms with E-state index in [1.165, 1.54) is 41.9 Å². The predicted molar refractivity (Wildman–Crippen MR) is 141 cm³/mol. The highest BCUT2D eigenvalue weighted by molar-refractivity contribution is 7.92. The molecule has 4 aromatic rings. The smallest absolute Gasteiger partial charge is 0.263 e. The van der Waals surface area contributed by atoms with Crippen LogP contribution in [0.4, 0.5) is 16.0 Å². The third-order valence-electron chi connectivity index (χ3n) is 5.14. The molecule has 0 aliphatic heterocycles. The van der Waals surface area contributed by atoms with E-state index in [-0.39, 0.29) is 22.1 Å². The van der Waals surface area contributed by atoms with Crippen molar-refractivity contribution in [2.24, 2.45) is 5.92 Å². The Morgan fingerprint density at radius 2 is 1.83 bits per heavy atom. The summed E-state index contributed by atoms with van der Waals surface area (Å²) < 4.78 is 43.7. The number of aromatic nitrogens is 4. The number of nitrogens with zero attached hydrogens (tertiary/aromatic N) is 4. The summed E-state index contributed by atoms with van der Waals surface area (Å²) in [5.74, 6) is 0.276. The molecule has 188 valence electrons. The van der Waals surface area contributed by atoms with Crippen molar-refractivity contribution < 1.29 is 12.8 Å². The molecule has 1 aromatic carbocycles. The maximum Gasteiger partial charge on any atom is 0.263 e. The van der Waals surface area contributed by atoms with Crippen LogP contribution in [0.1, 0.15) is 38.6 Å². The number of pyridine rings is 1. The van der Waals surface area contributed by atoms with Gasteiger partial charge in [0.25, 0.3) is 10.0 Å². The Labute approximate surface area is 214 Å². The van der Waals surface area contributed by atoms with E-state index in [0.717, 1.165) is 5.01 Å². The first kappa shape index (κ1) is 25.6. The summed E-state index contributed by atoms with van der Waals surface area (Å²) in [6.07, 6.45) is 4.32. The lowest BCUT2D eigenvalue weighted by Crippen LogP contribution is -2.14. The molecule has 0 atom stereocenters. The molecule has 0 radical (unpaired) electrons. The molecule has 0 saturated carbocycles. The highest BCUT2D eigenvalue weighted by atomic mass is 32.2. The fourth-order valence-corrected chi connectivity index (χ4v) is 5.38. The van der Waals surface area contributed by atoms with Gasteiger partial charge >= 0.3 is 0 Å². The first-order chi connectivity index (χ1) is 17.2. The van der Waals surface area contributed by atoms with Crippen LogP contribution in [0.5, 0.6) is 0 Å². The molecular formula is C25H27FN6O2S2. The summed E-state index contributed by atoms with van der Waals surface area (Å²) in [6, 6.07) is 9.20. The molecular weight excluding hydrogens is 499 g/mol. The van der Waals surface area contributed by atoms with E-state index in [2.05, 4.69) is 38.8 Å². The summed E-state index contributed by atoms with van der Waals surface area (Å²) in [5.41, 5.74) is 1.01. The highest BCUT2D eigenvalue weighted by Gasteiger charge is 2.24. The van der Waals surface area contributed by atoms with Crippen molar-refractivity contribution in [2.45, 2.75) is 38.5 Å². The van der Waals surface area contributed by atoms with Gasteiger partial charge in [0.1, 0.15) is 4.90 Å². The Bertz CT molecular complexity index is 1460. The normalized spacial score (nSPS) is 11.8. The molecule has 0 unspecified atom stereocenters. The summed E-state index contributed by atoms with van der Waals surface area (Å²) in [6.45, 7) is 8.91. The van der Waals surface area contributed by atoms with Gasteiger partial charge in [-0.15, -0.1) is 11.3 Å². The van der Waals surface area contributed by atoms with Gasteiger partial charge in [-0.1, -0.05) is 33.8 Å². The Kier molecular flexibility index (Phi) is 7.60. The van der Waals surface area contributed by atoms with Gasteiger partial charge in [0.2, 0.25) is 5.95 Å². The molecule has 8 nitrogen and oxygen atoms in total. The standard InChI is InChI=1S/C25H27FN6O2S2/c1-15(2)13-29-25-28-12-10-20(30-25)23-22(31-24(35-23)16(3)4)18-8-5-9-19(21(18)26)32-36(33,34)17-7-6-11-27-14-17/h5-12,14-16,32H,13H2,1-4H3,(H,28,29,30). The van der Waals surface area contributed by atoms with Crippen LogP contribution < -0.4 is 10.0 Å². The van der Waals surface area contributed by atoms with Crippen LogP contribution in [0, 0.1) is 11.7 Å². The van der Waals surface area contributed by atoms with Gasteiger partial charge in [-0.25, -0.2) is 27.8 Å². The number of rotatable bonds is 9. The van der Waals surface area contributed by atoms with E-state index in [0.29, 0.717) is 34.7 Å². The third kappa shape index (κ3) is 5.68. The van der Waals surface area contributed by atoms with E-state index in [4.69, 9.17) is 4.98 Å². The maximum absolute atomic E-state index is 15.8. The monoisotopic (exact) mass is 526 g/mol. The molecule has 0 saturated heterocycles. The summed E-state index contributed by atoms with van der Waals surface area (Å²) in [4.78, 5) is 18.1. The fourth-order valence-electron chi connectivity index (χ4n) is 3.31. The Balaban J connectivity index is 1.77. The number of benzene rings is 1. The number of halogens is 1. The second-order valence-corrected chi connectivity index (χ2v) is 11.6. The van der Waals surface area contributed by atoms with Crippen LogP contribution in [-0.4, -0.2) is 34.9 Å². The topological polar surface area (TPSA) is 110 Å². The second kappa shape index (κ2) is 10.7. The van der Waals surface area contributed by atoms with Gasteiger partial charge in [0.05, 0.1) is 27.0 Å². The summed E-state index contributed by atoms with van der Waals surface area (Å²) in [5, 5.41) is 4.03. The third-order valence-corrected chi connectivity index (χ3v) is 7.87. The van der Waals surface area contributed by atoms with Crippen LogP contribution in [-0.2, 0) is 10.0 Å². The maximum atomic E-state index is 15.8. The van der Waals surface area contributed by atoms with E-state index in [1.807, 2.05) is 13.8 Å². The van der Waals surface area contributed by atoms with Crippen molar-refractivity contribution in [3.63, 3.8) is 0 Å². The molecule has 2 N–H and O–H groups in total. The zero-order valence-corrected chi connectivity index (χ0v) is 22.0. The lowest BCUT2D eigenvalue weighted by Gasteiger charge is -2.12. The minimum Gasteiger partial charge on any atom is -0.354 e. The molecule has 0 fully saturated rings. The first-order valence-corrected chi connectivity index (χ1v) is 13.8. The van der Waals surface area contributed by atoms with Crippen molar-refractivity contribution in [2.75, 3.05) is 16.6 Å². The SMILES string of the molecule is CC(C)CNc1nccc(-c2sc(C(C)C)nc2-c2cccc(NS(=O)(=O)c3cccnc3)c2F)n1. The van der Waals surface area contributed by atoms with Gasteiger partial charge in [-0.3, -0.25) is 9.71 Å². The fraction of sp³-hybridized carbons (Fsp3) is 0.280. The van der Waals surface area contributed by atoms with Crippen molar-refractivity contribution in [3.05, 3.63) is 65.8 Å². The minimum absolute atomic E-state index is 0.0614. The predicted octanol–water partition coefficient (Wildman–Crippen LogP) is 5.79. The number of nitrogens with one attached hydrogen (secondary N) is 2. The van der Waals surface area contributed by atoms with Crippen molar-refractivity contribution in [3.8, 4) is 21.8 Å². The number of thiazole rings is 1. The first-order valence-electron chi connectivity index (χ1n) is 11.5. The van der Waals surface area contributed by atoms with Crippen molar-refractivity contribution >= 4 is 33.0 Å². The van der Waals surface area contributed by atoms with Gasteiger partial charge in [0, 0.05) is 36.6 Å². The molecule has 0 aliphatic carbocycles. The molecule has 3 aromatic heterocycles. The molecule has 0 amide bonds. The minimum atomic E-state index is -4.02. The second-order valence-electron chi connectivity index (χ2n) is 8.89. The zero-order valence-electron chi connectivity index (χ0n) is 20.4. The molecule has 0 bridgehead atoms. The van der Waals surface area contributed by atoms with Gasteiger partial charge < -0.3 is 5.32 Å². The Morgan fingerprint density at radius 1 is 1.03 bits per heavy atom. The quantitative estimate of drug-likeness (QED) is 0.284. The molecule has 0 spiro atoms. The van der Waals surface area contributed by atoms with Gasteiger partial charge in [-0.05, 0) is 36.2 Å². The average Bonchev–Trinajstić information content (AvgIpc) is 3.30. The number of hydrogen-bond donors (Lipinski definition) is 2.